The Bertz CT molecular complexity index is 700. The van der Waals surface area contributed by atoms with Crippen molar-refractivity contribution in [1.29, 1.82) is 0 Å². The summed E-state index contributed by atoms with van der Waals surface area (Å²) >= 11 is 0. The van der Waals surface area contributed by atoms with Crippen LogP contribution in [0.2, 0.25) is 0 Å². The molecule has 0 aliphatic heterocycles. The third kappa shape index (κ3) is 11.1. The Hall–Kier alpha value is -1.94. The van der Waals surface area contributed by atoms with Crippen LogP contribution >= 0.6 is 0 Å². The van der Waals surface area contributed by atoms with Gasteiger partial charge in [0.15, 0.2) is 0 Å². The highest BCUT2D eigenvalue weighted by Crippen LogP contribution is 2.20. The van der Waals surface area contributed by atoms with E-state index in [1.165, 1.54) is 69.8 Å². The zero-order valence-electron chi connectivity index (χ0n) is 20.7. The van der Waals surface area contributed by atoms with E-state index in [4.69, 9.17) is 9.47 Å². The Morgan fingerprint density at radius 3 is 2.03 bits per heavy atom. The number of aromatic nitrogens is 2. The molecule has 0 saturated heterocycles. The number of nitrogens with zero attached hydrogens (tertiary/aromatic N) is 2. The quantitative estimate of drug-likeness (QED) is 0.222. The lowest BCUT2D eigenvalue weighted by molar-refractivity contribution is 0.0289. The predicted octanol–water partition coefficient (Wildman–Crippen LogP) is 7.80. The SMILES string of the molecule is CCCCCCCCCc1ccc(-c2ccc(OCC(C)OCCCCCC)nn2)cc1. The summed E-state index contributed by atoms with van der Waals surface area (Å²) in [6.07, 6.45) is 15.5. The van der Waals surface area contributed by atoms with Crippen LogP contribution in [0.4, 0.5) is 0 Å². The fourth-order valence-corrected chi connectivity index (χ4v) is 3.74. The van der Waals surface area contributed by atoms with Crippen LogP contribution in [0.5, 0.6) is 5.88 Å². The molecule has 0 aliphatic carbocycles. The van der Waals surface area contributed by atoms with Crippen LogP contribution in [0.15, 0.2) is 36.4 Å². The minimum absolute atomic E-state index is 0.0574. The molecule has 178 valence electrons. The molecule has 4 heteroatoms. The molecule has 0 spiro atoms. The first-order valence-corrected chi connectivity index (χ1v) is 12.9. The zero-order valence-corrected chi connectivity index (χ0v) is 20.7. The molecule has 2 rings (SSSR count). The molecule has 0 radical (unpaired) electrons. The topological polar surface area (TPSA) is 44.2 Å². The summed E-state index contributed by atoms with van der Waals surface area (Å²) in [5, 5.41) is 8.58. The van der Waals surface area contributed by atoms with E-state index in [0.29, 0.717) is 12.5 Å². The first-order chi connectivity index (χ1) is 15.7. The van der Waals surface area contributed by atoms with Crippen LogP contribution in [0.1, 0.15) is 97.0 Å². The van der Waals surface area contributed by atoms with E-state index in [0.717, 1.165) is 30.7 Å². The van der Waals surface area contributed by atoms with Crippen LogP contribution in [0.25, 0.3) is 11.3 Å². The van der Waals surface area contributed by atoms with Crippen molar-refractivity contribution in [3.05, 3.63) is 42.0 Å². The number of rotatable bonds is 18. The van der Waals surface area contributed by atoms with Crippen molar-refractivity contribution in [3.8, 4) is 17.1 Å². The van der Waals surface area contributed by atoms with Crippen molar-refractivity contribution in [2.45, 2.75) is 104 Å². The third-order valence-electron chi connectivity index (χ3n) is 5.82. The van der Waals surface area contributed by atoms with Crippen molar-refractivity contribution in [1.82, 2.24) is 10.2 Å². The highest BCUT2D eigenvalue weighted by atomic mass is 16.5. The Kier molecular flexibility index (Phi) is 13.7. The van der Waals surface area contributed by atoms with E-state index in [2.05, 4.69) is 48.3 Å². The molecule has 4 nitrogen and oxygen atoms in total. The number of hydrogen-bond acceptors (Lipinski definition) is 4. The molecule has 1 atom stereocenters. The lowest BCUT2D eigenvalue weighted by Crippen LogP contribution is -2.19. The maximum absolute atomic E-state index is 5.80. The Morgan fingerprint density at radius 2 is 1.38 bits per heavy atom. The average Bonchev–Trinajstić information content (AvgIpc) is 2.83. The molecule has 0 fully saturated rings. The number of hydrogen-bond donors (Lipinski definition) is 0. The predicted molar refractivity (Wildman–Crippen MR) is 134 cm³/mol. The zero-order chi connectivity index (χ0) is 22.9. The molecular weight excluding hydrogens is 396 g/mol. The molecule has 0 bridgehead atoms. The summed E-state index contributed by atoms with van der Waals surface area (Å²) < 4.78 is 11.5. The van der Waals surface area contributed by atoms with E-state index in [-0.39, 0.29) is 6.10 Å². The smallest absolute Gasteiger partial charge is 0.233 e. The van der Waals surface area contributed by atoms with Crippen molar-refractivity contribution in [2.75, 3.05) is 13.2 Å². The van der Waals surface area contributed by atoms with Gasteiger partial charge in [0.25, 0.3) is 0 Å². The number of aryl methyl sites for hydroxylation is 1. The Labute approximate surface area is 196 Å². The monoisotopic (exact) mass is 440 g/mol. The summed E-state index contributed by atoms with van der Waals surface area (Å²) in [6, 6.07) is 12.6. The standard InChI is InChI=1S/C28H44N2O2/c1-4-6-8-10-11-12-13-15-25-16-18-26(19-17-25)27-20-21-28(30-29-27)32-23-24(3)31-22-14-9-7-5-2/h16-21,24H,4-15,22-23H2,1-3H3. The van der Waals surface area contributed by atoms with Gasteiger partial charge in [-0.3, -0.25) is 0 Å². The normalized spacial score (nSPS) is 12.1. The van der Waals surface area contributed by atoms with Gasteiger partial charge in [0, 0.05) is 18.2 Å². The molecule has 0 N–H and O–H groups in total. The molecule has 1 heterocycles. The van der Waals surface area contributed by atoms with Gasteiger partial charge in [-0.2, -0.15) is 0 Å². The van der Waals surface area contributed by atoms with Gasteiger partial charge in [-0.05, 0) is 37.8 Å². The average molecular weight is 441 g/mol. The summed E-state index contributed by atoms with van der Waals surface area (Å²) in [5.74, 6) is 0.547. The molecule has 0 aliphatic rings. The van der Waals surface area contributed by atoms with Crippen LogP contribution < -0.4 is 4.74 Å². The van der Waals surface area contributed by atoms with Crippen molar-refractivity contribution in [2.24, 2.45) is 0 Å². The van der Waals surface area contributed by atoms with Crippen LogP contribution in [-0.4, -0.2) is 29.5 Å². The van der Waals surface area contributed by atoms with Gasteiger partial charge in [0.1, 0.15) is 6.61 Å². The third-order valence-corrected chi connectivity index (χ3v) is 5.82. The molecule has 1 unspecified atom stereocenters. The van der Waals surface area contributed by atoms with Crippen LogP contribution in [0, 0.1) is 0 Å². The van der Waals surface area contributed by atoms with Gasteiger partial charge in [0.2, 0.25) is 5.88 Å². The lowest BCUT2D eigenvalue weighted by atomic mass is 10.0. The number of benzene rings is 1. The van der Waals surface area contributed by atoms with Gasteiger partial charge < -0.3 is 9.47 Å². The molecule has 0 amide bonds. The van der Waals surface area contributed by atoms with Gasteiger partial charge in [-0.25, -0.2) is 0 Å². The first kappa shape index (κ1) is 26.3. The van der Waals surface area contributed by atoms with Crippen LogP contribution in [-0.2, 0) is 11.2 Å². The Balaban J connectivity index is 1.67. The van der Waals surface area contributed by atoms with E-state index >= 15 is 0 Å². The molecule has 2 aromatic rings. The van der Waals surface area contributed by atoms with E-state index < -0.39 is 0 Å². The van der Waals surface area contributed by atoms with Gasteiger partial charge in [-0.15, -0.1) is 10.2 Å². The number of ether oxygens (including phenoxy) is 2. The maximum Gasteiger partial charge on any atom is 0.233 e. The highest BCUT2D eigenvalue weighted by molar-refractivity contribution is 5.59. The molecule has 1 aromatic heterocycles. The highest BCUT2D eigenvalue weighted by Gasteiger charge is 2.06. The minimum atomic E-state index is 0.0574. The Morgan fingerprint density at radius 1 is 0.719 bits per heavy atom. The molecule has 32 heavy (non-hydrogen) atoms. The minimum Gasteiger partial charge on any atom is -0.474 e. The lowest BCUT2D eigenvalue weighted by Gasteiger charge is -2.13. The fraction of sp³-hybridized carbons (Fsp3) is 0.643. The molecule has 1 aromatic carbocycles. The largest absolute Gasteiger partial charge is 0.474 e. The van der Waals surface area contributed by atoms with Crippen LogP contribution in [0.3, 0.4) is 0 Å². The van der Waals surface area contributed by atoms with E-state index in [1.54, 1.807) is 0 Å². The second-order valence-corrected chi connectivity index (χ2v) is 8.88. The summed E-state index contributed by atoms with van der Waals surface area (Å²) in [5.41, 5.74) is 3.37. The summed E-state index contributed by atoms with van der Waals surface area (Å²) in [6.45, 7) is 7.82. The second kappa shape index (κ2) is 16.7. The van der Waals surface area contributed by atoms with Gasteiger partial charge in [-0.1, -0.05) is 95.9 Å². The van der Waals surface area contributed by atoms with Gasteiger partial charge >= 0.3 is 0 Å². The first-order valence-electron chi connectivity index (χ1n) is 12.9. The van der Waals surface area contributed by atoms with E-state index in [9.17, 15) is 0 Å². The van der Waals surface area contributed by atoms with Crippen molar-refractivity contribution in [3.63, 3.8) is 0 Å². The number of unbranched alkanes of at least 4 members (excludes halogenated alkanes) is 9. The second-order valence-electron chi connectivity index (χ2n) is 8.88. The van der Waals surface area contributed by atoms with Gasteiger partial charge in [0.05, 0.1) is 11.8 Å². The maximum atomic E-state index is 5.80. The summed E-state index contributed by atoms with van der Waals surface area (Å²) in [7, 11) is 0. The summed E-state index contributed by atoms with van der Waals surface area (Å²) in [4.78, 5) is 0. The molecule has 0 saturated carbocycles. The van der Waals surface area contributed by atoms with Crippen molar-refractivity contribution < 1.29 is 9.47 Å². The van der Waals surface area contributed by atoms with E-state index in [1.807, 2.05) is 19.1 Å². The molecular formula is C28H44N2O2. The fourth-order valence-electron chi connectivity index (χ4n) is 3.74. The van der Waals surface area contributed by atoms with Crippen molar-refractivity contribution >= 4 is 0 Å².